The van der Waals surface area contributed by atoms with E-state index >= 15 is 0 Å². The lowest BCUT2D eigenvalue weighted by Crippen LogP contribution is -2.37. The van der Waals surface area contributed by atoms with Crippen LogP contribution in [-0.2, 0) is 5.54 Å². The Morgan fingerprint density at radius 3 is 2.93 bits per heavy atom. The molecule has 0 saturated heterocycles. The van der Waals surface area contributed by atoms with Crippen LogP contribution < -0.4 is 11.1 Å². The number of benzene rings is 1. The van der Waals surface area contributed by atoms with Gasteiger partial charge in [-0.25, -0.2) is 14.4 Å². The van der Waals surface area contributed by atoms with Gasteiger partial charge in [0.1, 0.15) is 11.9 Å². The van der Waals surface area contributed by atoms with Gasteiger partial charge in [-0.3, -0.25) is 9.79 Å². The Hall–Kier alpha value is -2.99. The van der Waals surface area contributed by atoms with E-state index in [4.69, 9.17) is 11.0 Å². The van der Waals surface area contributed by atoms with Crippen LogP contribution in [0.5, 0.6) is 0 Å². The number of hydrogen-bond acceptors (Lipinski definition) is 7. The first-order valence-electron chi connectivity index (χ1n) is 8.83. The number of amidine groups is 1. The zero-order chi connectivity index (χ0) is 19.7. The van der Waals surface area contributed by atoms with Gasteiger partial charge in [-0.2, -0.15) is 5.26 Å². The number of carbonyl (C=O) groups excluding carboxylic acids is 1. The maximum atomic E-state index is 14.8. The molecule has 4 rings (SSSR count). The largest absolute Gasteiger partial charge is 0.379 e. The first kappa shape index (κ1) is 18.4. The third-order valence-electron chi connectivity index (χ3n) is 5.20. The smallest absolute Gasteiger partial charge is 0.293 e. The van der Waals surface area contributed by atoms with Crippen molar-refractivity contribution in [1.29, 1.82) is 5.26 Å². The monoisotopic (exact) mass is 396 g/mol. The molecule has 1 aliphatic carbocycles. The average molecular weight is 396 g/mol. The second-order valence-electron chi connectivity index (χ2n) is 6.83. The van der Waals surface area contributed by atoms with E-state index in [9.17, 15) is 9.18 Å². The first-order valence-corrected chi connectivity index (χ1v) is 9.82. The Bertz CT molecular complexity index is 1000. The summed E-state index contributed by atoms with van der Waals surface area (Å²) >= 11 is 1.50. The summed E-state index contributed by atoms with van der Waals surface area (Å²) in [6.07, 6.45) is 5.20. The van der Waals surface area contributed by atoms with Crippen molar-refractivity contribution in [3.8, 4) is 6.07 Å². The van der Waals surface area contributed by atoms with Gasteiger partial charge in [0.05, 0.1) is 11.1 Å². The summed E-state index contributed by atoms with van der Waals surface area (Å²) in [6.45, 7) is 0. The lowest BCUT2D eigenvalue weighted by atomic mass is 9.81. The molecule has 2 atom stereocenters. The number of rotatable bonds is 3. The maximum absolute atomic E-state index is 14.8. The normalized spacial score (nSPS) is 23.4. The number of thioether (sulfide) groups is 1. The summed E-state index contributed by atoms with van der Waals surface area (Å²) in [7, 11) is 0. The highest BCUT2D eigenvalue weighted by Crippen LogP contribution is 2.51. The van der Waals surface area contributed by atoms with Crippen molar-refractivity contribution in [1.82, 2.24) is 9.97 Å². The zero-order valence-corrected chi connectivity index (χ0v) is 15.7. The lowest BCUT2D eigenvalue weighted by Gasteiger charge is -2.36. The summed E-state index contributed by atoms with van der Waals surface area (Å²) in [6, 6.07) is 6.35. The highest BCUT2D eigenvalue weighted by atomic mass is 32.2. The highest BCUT2D eigenvalue weighted by Gasteiger charge is 2.48. The molecule has 1 aromatic carbocycles. The number of halogens is 1. The minimum absolute atomic E-state index is 0.0712. The molecule has 1 aromatic heterocycles. The Morgan fingerprint density at radius 1 is 1.39 bits per heavy atom. The predicted octanol–water partition coefficient (Wildman–Crippen LogP) is 2.80. The van der Waals surface area contributed by atoms with E-state index in [0.29, 0.717) is 16.4 Å². The summed E-state index contributed by atoms with van der Waals surface area (Å²) in [5.74, 6) is 0.0580. The fourth-order valence-corrected chi connectivity index (χ4v) is 4.93. The first-order chi connectivity index (χ1) is 13.5. The minimum atomic E-state index is -0.675. The van der Waals surface area contributed by atoms with E-state index < -0.39 is 11.4 Å². The predicted molar refractivity (Wildman–Crippen MR) is 104 cm³/mol. The molecule has 2 heterocycles. The van der Waals surface area contributed by atoms with Gasteiger partial charge in [-0.05, 0) is 37.0 Å². The summed E-state index contributed by atoms with van der Waals surface area (Å²) in [4.78, 5) is 24.8. The molecule has 0 spiro atoms. The van der Waals surface area contributed by atoms with Crippen LogP contribution in [0.2, 0.25) is 0 Å². The van der Waals surface area contributed by atoms with Crippen molar-refractivity contribution in [2.45, 2.75) is 24.8 Å². The number of fused-ring (bicyclic) bond motifs is 1. The number of aromatic nitrogens is 2. The summed E-state index contributed by atoms with van der Waals surface area (Å²) in [5, 5.41) is 12.0. The van der Waals surface area contributed by atoms with Crippen molar-refractivity contribution in [2.75, 3.05) is 11.1 Å². The molecule has 0 bridgehead atoms. The van der Waals surface area contributed by atoms with E-state index in [1.165, 1.54) is 36.3 Å². The lowest BCUT2D eigenvalue weighted by molar-refractivity contribution is 0.101. The van der Waals surface area contributed by atoms with Gasteiger partial charge in [0.15, 0.2) is 5.17 Å². The van der Waals surface area contributed by atoms with Crippen molar-refractivity contribution in [2.24, 2.45) is 16.6 Å². The van der Waals surface area contributed by atoms with Gasteiger partial charge in [0.25, 0.3) is 5.91 Å². The summed E-state index contributed by atoms with van der Waals surface area (Å²) in [5.41, 5.74) is 6.44. The van der Waals surface area contributed by atoms with E-state index in [1.807, 2.05) is 6.07 Å². The average Bonchev–Trinajstić information content (AvgIpc) is 3.13. The molecule has 142 valence electrons. The number of amides is 1. The van der Waals surface area contributed by atoms with Crippen LogP contribution in [0.1, 0.15) is 41.0 Å². The number of nitrogens with two attached hydrogens (primary N) is 1. The van der Waals surface area contributed by atoms with Gasteiger partial charge >= 0.3 is 0 Å². The minimum Gasteiger partial charge on any atom is -0.379 e. The molecule has 1 fully saturated rings. The van der Waals surface area contributed by atoms with Gasteiger partial charge in [-0.15, -0.1) is 0 Å². The molecule has 1 aliphatic heterocycles. The number of carbonyl (C=O) groups is 1. The Balaban J connectivity index is 1.65. The molecule has 1 saturated carbocycles. The quantitative estimate of drug-likeness (QED) is 0.824. The third-order valence-corrected chi connectivity index (χ3v) is 6.16. The SMILES string of the molecule is N#Cc1cnc(C(=O)Nc2ccc(F)c([C@]34CCC[C@H]3CSC(N)=N4)c2)nc1. The van der Waals surface area contributed by atoms with Crippen molar-refractivity contribution < 1.29 is 9.18 Å². The van der Waals surface area contributed by atoms with E-state index in [-0.39, 0.29) is 23.1 Å². The number of nitrogens with zero attached hydrogens (tertiary/aromatic N) is 4. The molecule has 1 amide bonds. The topological polar surface area (TPSA) is 117 Å². The van der Waals surface area contributed by atoms with Crippen molar-refractivity contribution in [3.05, 3.63) is 53.4 Å². The van der Waals surface area contributed by atoms with Crippen LogP contribution in [0.15, 0.2) is 35.6 Å². The summed E-state index contributed by atoms with van der Waals surface area (Å²) < 4.78 is 14.8. The fourth-order valence-electron chi connectivity index (χ4n) is 3.88. The standard InChI is InChI=1S/C19H17FN6OS/c20-15-4-3-13(25-17(27)16-23-8-11(7-21)9-24-16)6-14(15)19-5-1-2-12(19)10-28-18(22)26-19/h3-4,6,8-9,12H,1-2,5,10H2,(H2,22,26)(H,25,27)/t12-,19-/m0/s1. The molecular formula is C19H17FN6OS. The Labute approximate surface area is 165 Å². The van der Waals surface area contributed by atoms with Gasteiger partial charge in [-0.1, -0.05) is 18.2 Å². The van der Waals surface area contributed by atoms with Crippen LogP contribution in [0.3, 0.4) is 0 Å². The van der Waals surface area contributed by atoms with Crippen molar-refractivity contribution in [3.63, 3.8) is 0 Å². The maximum Gasteiger partial charge on any atom is 0.293 e. The molecule has 9 heteroatoms. The van der Waals surface area contributed by atoms with E-state index in [0.717, 1.165) is 25.0 Å². The molecule has 0 radical (unpaired) electrons. The second kappa shape index (κ2) is 7.20. The van der Waals surface area contributed by atoms with Crippen LogP contribution in [0, 0.1) is 23.1 Å². The molecule has 2 aromatic rings. The Kier molecular flexibility index (Phi) is 4.73. The Morgan fingerprint density at radius 2 is 2.18 bits per heavy atom. The van der Waals surface area contributed by atoms with Gasteiger partial charge < -0.3 is 11.1 Å². The number of anilines is 1. The van der Waals surface area contributed by atoms with Crippen LogP contribution in [0.25, 0.3) is 0 Å². The number of nitrogens with one attached hydrogen (secondary N) is 1. The van der Waals surface area contributed by atoms with Gasteiger partial charge in [0, 0.05) is 29.4 Å². The molecular weight excluding hydrogens is 379 g/mol. The van der Waals surface area contributed by atoms with E-state index in [2.05, 4.69) is 20.3 Å². The fraction of sp³-hybridized carbons (Fsp3) is 0.316. The van der Waals surface area contributed by atoms with Crippen LogP contribution in [-0.4, -0.2) is 26.8 Å². The third kappa shape index (κ3) is 3.20. The number of hydrogen-bond donors (Lipinski definition) is 2. The zero-order valence-electron chi connectivity index (χ0n) is 14.9. The number of nitriles is 1. The van der Waals surface area contributed by atoms with Gasteiger partial charge in [0.2, 0.25) is 5.82 Å². The molecule has 28 heavy (non-hydrogen) atoms. The number of aliphatic imine (C=N–C) groups is 1. The van der Waals surface area contributed by atoms with Crippen LogP contribution >= 0.6 is 11.8 Å². The van der Waals surface area contributed by atoms with Crippen LogP contribution in [0.4, 0.5) is 10.1 Å². The highest BCUT2D eigenvalue weighted by molar-refractivity contribution is 8.13. The van der Waals surface area contributed by atoms with E-state index in [1.54, 1.807) is 6.07 Å². The molecule has 0 unspecified atom stereocenters. The van der Waals surface area contributed by atoms with Crippen molar-refractivity contribution >= 4 is 28.5 Å². The molecule has 3 N–H and O–H groups in total. The molecule has 7 nitrogen and oxygen atoms in total. The molecule has 2 aliphatic rings. The second-order valence-corrected chi connectivity index (χ2v) is 7.87.